The van der Waals surface area contributed by atoms with Crippen LogP contribution in [-0.4, -0.2) is 10.9 Å². The van der Waals surface area contributed by atoms with E-state index in [1.807, 2.05) is 0 Å². The van der Waals surface area contributed by atoms with Gasteiger partial charge < -0.3 is 5.32 Å². The lowest BCUT2D eigenvalue weighted by Gasteiger charge is -2.03. The molecule has 0 aliphatic rings. The van der Waals surface area contributed by atoms with Crippen molar-refractivity contribution in [2.75, 3.05) is 5.32 Å². The van der Waals surface area contributed by atoms with Crippen molar-refractivity contribution in [1.82, 2.24) is 4.98 Å². The van der Waals surface area contributed by atoms with Gasteiger partial charge in [-0.25, -0.2) is 9.37 Å². The predicted octanol–water partition coefficient (Wildman–Crippen LogP) is 2.84. The van der Waals surface area contributed by atoms with Gasteiger partial charge in [0.2, 0.25) is 0 Å². The molecule has 16 heavy (non-hydrogen) atoms. The first-order valence-corrected chi connectivity index (χ1v) is 5.52. The topological polar surface area (TPSA) is 42.0 Å². The van der Waals surface area contributed by atoms with E-state index in [9.17, 15) is 9.18 Å². The number of anilines is 1. The minimum absolute atomic E-state index is 0.259. The zero-order valence-corrected chi connectivity index (χ0v) is 9.34. The van der Waals surface area contributed by atoms with Gasteiger partial charge in [-0.1, -0.05) is 6.07 Å². The molecule has 5 heteroatoms. The van der Waals surface area contributed by atoms with Crippen LogP contribution < -0.4 is 5.32 Å². The third-order valence-corrected chi connectivity index (χ3v) is 2.96. The number of nitrogens with zero attached hydrogens (tertiary/aromatic N) is 1. The first-order valence-electron chi connectivity index (χ1n) is 4.64. The second-order valence-corrected chi connectivity index (χ2v) is 4.09. The molecule has 0 bridgehead atoms. The number of carbonyl (C=O) groups is 1. The second kappa shape index (κ2) is 4.40. The van der Waals surface area contributed by atoms with Crippen LogP contribution >= 0.6 is 11.3 Å². The highest BCUT2D eigenvalue weighted by Gasteiger charge is 2.11. The molecule has 0 atom stereocenters. The minimum atomic E-state index is -0.376. The highest BCUT2D eigenvalue weighted by molar-refractivity contribution is 7.12. The summed E-state index contributed by atoms with van der Waals surface area (Å²) < 4.78 is 12.9. The number of aryl methyl sites for hydroxylation is 1. The average molecular weight is 236 g/mol. The summed E-state index contributed by atoms with van der Waals surface area (Å²) in [5.74, 6) is -0.635. The maximum atomic E-state index is 12.9. The summed E-state index contributed by atoms with van der Waals surface area (Å²) in [6.07, 6.45) is 0. The SMILES string of the molecule is Cc1ncsc1C(=O)Nc1cccc(F)c1. The van der Waals surface area contributed by atoms with Crippen LogP contribution in [0.1, 0.15) is 15.4 Å². The molecule has 0 saturated carbocycles. The summed E-state index contributed by atoms with van der Waals surface area (Å²) in [6.45, 7) is 1.76. The number of aromatic nitrogens is 1. The molecule has 1 N–H and O–H groups in total. The van der Waals surface area contributed by atoms with Gasteiger partial charge in [-0.2, -0.15) is 0 Å². The van der Waals surface area contributed by atoms with Crippen LogP contribution in [0.4, 0.5) is 10.1 Å². The van der Waals surface area contributed by atoms with Crippen LogP contribution in [0.3, 0.4) is 0 Å². The van der Waals surface area contributed by atoms with Crippen LogP contribution in [-0.2, 0) is 0 Å². The Morgan fingerprint density at radius 3 is 2.94 bits per heavy atom. The number of hydrogen-bond donors (Lipinski definition) is 1. The lowest BCUT2D eigenvalue weighted by molar-refractivity contribution is 0.103. The molecule has 0 aliphatic carbocycles. The van der Waals surface area contributed by atoms with E-state index >= 15 is 0 Å². The molecule has 1 aromatic heterocycles. The molecule has 1 aromatic carbocycles. The third-order valence-electron chi connectivity index (χ3n) is 2.03. The normalized spacial score (nSPS) is 10.1. The van der Waals surface area contributed by atoms with Gasteiger partial charge in [0.1, 0.15) is 10.7 Å². The summed E-state index contributed by atoms with van der Waals surface area (Å²) in [7, 11) is 0. The largest absolute Gasteiger partial charge is 0.321 e. The van der Waals surface area contributed by atoms with E-state index in [1.54, 1.807) is 24.6 Å². The van der Waals surface area contributed by atoms with Gasteiger partial charge in [0, 0.05) is 5.69 Å². The Balaban J connectivity index is 2.17. The summed E-state index contributed by atoms with van der Waals surface area (Å²) >= 11 is 1.26. The van der Waals surface area contributed by atoms with Crippen molar-refractivity contribution in [3.8, 4) is 0 Å². The molecule has 0 radical (unpaired) electrons. The molecule has 0 unspecified atom stereocenters. The number of halogens is 1. The summed E-state index contributed by atoms with van der Waals surface area (Å²) in [4.78, 5) is 16.3. The zero-order valence-electron chi connectivity index (χ0n) is 8.53. The van der Waals surface area contributed by atoms with E-state index in [0.717, 1.165) is 0 Å². The van der Waals surface area contributed by atoms with E-state index in [4.69, 9.17) is 0 Å². The fourth-order valence-corrected chi connectivity index (χ4v) is 1.97. The van der Waals surface area contributed by atoms with Crippen molar-refractivity contribution in [2.45, 2.75) is 6.92 Å². The smallest absolute Gasteiger partial charge is 0.267 e. The van der Waals surface area contributed by atoms with Crippen molar-refractivity contribution in [1.29, 1.82) is 0 Å². The average Bonchev–Trinajstić information content (AvgIpc) is 2.64. The van der Waals surface area contributed by atoms with E-state index in [1.165, 1.54) is 23.5 Å². The quantitative estimate of drug-likeness (QED) is 0.871. The van der Waals surface area contributed by atoms with Crippen LogP contribution in [0, 0.1) is 12.7 Å². The minimum Gasteiger partial charge on any atom is -0.321 e. The molecule has 0 fully saturated rings. The molecular formula is C11H9FN2OS. The molecule has 3 nitrogen and oxygen atoms in total. The summed E-state index contributed by atoms with van der Waals surface area (Å²) in [5.41, 5.74) is 2.73. The van der Waals surface area contributed by atoms with Crippen molar-refractivity contribution in [2.24, 2.45) is 0 Å². The predicted molar refractivity (Wildman–Crippen MR) is 61.2 cm³/mol. The molecular weight excluding hydrogens is 227 g/mol. The van der Waals surface area contributed by atoms with E-state index < -0.39 is 0 Å². The fraction of sp³-hybridized carbons (Fsp3) is 0.0909. The van der Waals surface area contributed by atoms with Gasteiger partial charge in [-0.05, 0) is 25.1 Å². The number of carbonyl (C=O) groups excluding carboxylic acids is 1. The Morgan fingerprint density at radius 2 is 2.31 bits per heavy atom. The first kappa shape index (κ1) is 10.8. The molecule has 82 valence electrons. The molecule has 2 rings (SSSR count). The van der Waals surface area contributed by atoms with Crippen LogP contribution in [0.25, 0.3) is 0 Å². The molecule has 0 saturated heterocycles. The lowest BCUT2D eigenvalue weighted by atomic mass is 10.3. The first-order chi connectivity index (χ1) is 7.66. The second-order valence-electron chi connectivity index (χ2n) is 3.23. The van der Waals surface area contributed by atoms with E-state index in [-0.39, 0.29) is 11.7 Å². The maximum absolute atomic E-state index is 12.9. The fourth-order valence-electron chi connectivity index (χ4n) is 1.27. The van der Waals surface area contributed by atoms with Crippen molar-refractivity contribution < 1.29 is 9.18 Å². The zero-order chi connectivity index (χ0) is 11.5. The highest BCUT2D eigenvalue weighted by atomic mass is 32.1. The Labute approximate surface area is 96.0 Å². The Kier molecular flexibility index (Phi) is 2.96. The number of thiazole rings is 1. The van der Waals surface area contributed by atoms with Gasteiger partial charge in [-0.15, -0.1) is 11.3 Å². The van der Waals surface area contributed by atoms with Crippen LogP contribution in [0.5, 0.6) is 0 Å². The lowest BCUT2D eigenvalue weighted by Crippen LogP contribution is -2.11. The van der Waals surface area contributed by atoms with E-state index in [2.05, 4.69) is 10.3 Å². The number of amides is 1. The van der Waals surface area contributed by atoms with E-state index in [0.29, 0.717) is 16.3 Å². The van der Waals surface area contributed by atoms with Gasteiger partial charge in [-0.3, -0.25) is 4.79 Å². The van der Waals surface area contributed by atoms with Crippen molar-refractivity contribution >= 4 is 22.9 Å². The molecule has 0 spiro atoms. The van der Waals surface area contributed by atoms with Crippen LogP contribution in [0.15, 0.2) is 29.8 Å². The van der Waals surface area contributed by atoms with Gasteiger partial charge in [0.15, 0.2) is 0 Å². The number of rotatable bonds is 2. The van der Waals surface area contributed by atoms with Gasteiger partial charge in [0.05, 0.1) is 11.2 Å². The molecule has 1 amide bonds. The van der Waals surface area contributed by atoms with Gasteiger partial charge >= 0.3 is 0 Å². The van der Waals surface area contributed by atoms with Crippen molar-refractivity contribution in [3.63, 3.8) is 0 Å². The Morgan fingerprint density at radius 1 is 1.50 bits per heavy atom. The molecule has 2 aromatic rings. The van der Waals surface area contributed by atoms with Crippen LogP contribution in [0.2, 0.25) is 0 Å². The third kappa shape index (κ3) is 2.25. The van der Waals surface area contributed by atoms with Gasteiger partial charge in [0.25, 0.3) is 5.91 Å². The molecule has 0 aliphatic heterocycles. The maximum Gasteiger partial charge on any atom is 0.267 e. The van der Waals surface area contributed by atoms with Crippen molar-refractivity contribution in [3.05, 3.63) is 46.2 Å². The summed E-state index contributed by atoms with van der Waals surface area (Å²) in [5, 5.41) is 2.62. The standard InChI is InChI=1S/C11H9FN2OS/c1-7-10(16-6-13-7)11(15)14-9-4-2-3-8(12)5-9/h2-6H,1H3,(H,14,15). The molecule has 1 heterocycles. The Bertz CT molecular complexity index is 524. The number of nitrogens with one attached hydrogen (secondary N) is 1. The Hall–Kier alpha value is -1.75. The number of hydrogen-bond acceptors (Lipinski definition) is 3. The highest BCUT2D eigenvalue weighted by Crippen LogP contribution is 2.15. The summed E-state index contributed by atoms with van der Waals surface area (Å²) in [6, 6.07) is 5.78. The number of benzene rings is 1. The monoisotopic (exact) mass is 236 g/mol.